The topological polar surface area (TPSA) is 72.1 Å². The minimum absolute atomic E-state index is 0. The van der Waals surface area contributed by atoms with E-state index in [1.54, 1.807) is 14.2 Å². The number of likely N-dealkylation sites (tertiary alicyclic amines) is 1. The van der Waals surface area contributed by atoms with E-state index in [0.717, 1.165) is 23.7 Å². The second kappa shape index (κ2) is 12.2. The first-order chi connectivity index (χ1) is 14.1. The van der Waals surface area contributed by atoms with Gasteiger partial charge in [-0.3, -0.25) is 4.90 Å². The number of nitrogens with one attached hydrogen (secondary N) is 1. The average Bonchev–Trinajstić information content (AvgIpc) is 3.26. The predicted molar refractivity (Wildman–Crippen MR) is 133 cm³/mol. The lowest BCUT2D eigenvalue weighted by Crippen LogP contribution is -2.40. The van der Waals surface area contributed by atoms with Crippen LogP contribution in [0.25, 0.3) is 0 Å². The first kappa shape index (κ1) is 24.6. The number of nitrogens with zero attached hydrogens (tertiary/aromatic N) is 2. The Labute approximate surface area is 200 Å². The third kappa shape index (κ3) is 6.65. The molecule has 2 aromatic rings. The highest BCUT2D eigenvalue weighted by Crippen LogP contribution is 2.28. The maximum atomic E-state index is 6.22. The fourth-order valence-electron chi connectivity index (χ4n) is 3.64. The summed E-state index contributed by atoms with van der Waals surface area (Å²) in [5.41, 5.74) is 8.33. The van der Waals surface area contributed by atoms with Gasteiger partial charge in [0.05, 0.1) is 26.8 Å². The van der Waals surface area contributed by atoms with Gasteiger partial charge >= 0.3 is 0 Å². The van der Waals surface area contributed by atoms with Crippen molar-refractivity contribution in [3.8, 4) is 11.5 Å². The molecular formula is C22H30ClIN4O2. The molecule has 0 spiro atoms. The molecule has 3 rings (SSSR count). The van der Waals surface area contributed by atoms with E-state index in [9.17, 15) is 0 Å². The summed E-state index contributed by atoms with van der Waals surface area (Å²) < 4.78 is 10.6. The van der Waals surface area contributed by atoms with Crippen LogP contribution in [0, 0.1) is 0 Å². The number of hydrogen-bond acceptors (Lipinski definition) is 4. The molecule has 1 aliphatic rings. The zero-order valence-corrected chi connectivity index (χ0v) is 20.5. The van der Waals surface area contributed by atoms with Crippen molar-refractivity contribution in [1.29, 1.82) is 0 Å². The molecule has 1 aliphatic heterocycles. The molecular weight excluding hydrogens is 515 g/mol. The number of hydrogen-bond donors (Lipinski definition) is 2. The van der Waals surface area contributed by atoms with E-state index in [-0.39, 0.29) is 30.0 Å². The van der Waals surface area contributed by atoms with Crippen LogP contribution in [0.15, 0.2) is 47.5 Å². The van der Waals surface area contributed by atoms with Crippen LogP contribution in [0.4, 0.5) is 0 Å². The highest BCUT2D eigenvalue weighted by atomic mass is 127. The Hall–Kier alpha value is -1.71. The first-order valence-corrected chi connectivity index (χ1v) is 10.2. The molecule has 1 atom stereocenters. The highest BCUT2D eigenvalue weighted by Gasteiger charge is 2.23. The lowest BCUT2D eigenvalue weighted by atomic mass is 10.1. The molecule has 8 heteroatoms. The van der Waals surface area contributed by atoms with Gasteiger partial charge in [0.1, 0.15) is 0 Å². The molecule has 30 heavy (non-hydrogen) atoms. The van der Waals surface area contributed by atoms with Crippen LogP contribution in [0.2, 0.25) is 5.02 Å². The van der Waals surface area contributed by atoms with Crippen LogP contribution >= 0.6 is 35.6 Å². The molecule has 0 bridgehead atoms. The highest BCUT2D eigenvalue weighted by molar-refractivity contribution is 14.0. The van der Waals surface area contributed by atoms with E-state index in [2.05, 4.69) is 21.3 Å². The SMILES string of the molecule is COc1ccc(CN=C(N)NCC(c2cccc(Cl)c2)N2CCCC2)cc1OC.I. The van der Waals surface area contributed by atoms with E-state index >= 15 is 0 Å². The van der Waals surface area contributed by atoms with Gasteiger partial charge in [-0.05, 0) is 61.3 Å². The third-order valence-electron chi connectivity index (χ3n) is 5.17. The Morgan fingerprint density at radius 3 is 2.53 bits per heavy atom. The standard InChI is InChI=1S/C22H29ClN4O2.HI/c1-28-20-9-8-16(12-21(20)29-2)14-25-22(24)26-15-19(27-10-3-4-11-27)17-6-5-7-18(23)13-17;/h5-9,12-13,19H,3-4,10-11,14-15H2,1-2H3,(H3,24,25,26);1H. The molecule has 1 heterocycles. The minimum atomic E-state index is 0. The van der Waals surface area contributed by atoms with Crippen LogP contribution in [-0.4, -0.2) is 44.7 Å². The van der Waals surface area contributed by atoms with Gasteiger partial charge in [0.25, 0.3) is 0 Å². The zero-order chi connectivity index (χ0) is 20.6. The fourth-order valence-corrected chi connectivity index (χ4v) is 3.84. The normalized spacial score (nSPS) is 15.4. The summed E-state index contributed by atoms with van der Waals surface area (Å²) in [7, 11) is 3.24. The van der Waals surface area contributed by atoms with Crippen molar-refractivity contribution in [3.63, 3.8) is 0 Å². The number of methoxy groups -OCH3 is 2. The van der Waals surface area contributed by atoms with Crippen LogP contribution in [-0.2, 0) is 6.54 Å². The Balaban J connectivity index is 0.00000320. The number of benzene rings is 2. The molecule has 0 saturated carbocycles. The minimum Gasteiger partial charge on any atom is -0.493 e. The molecule has 1 unspecified atom stereocenters. The molecule has 0 amide bonds. The lowest BCUT2D eigenvalue weighted by molar-refractivity contribution is 0.245. The molecule has 0 aromatic heterocycles. The third-order valence-corrected chi connectivity index (χ3v) is 5.41. The average molecular weight is 545 g/mol. The molecule has 1 fully saturated rings. The number of rotatable bonds is 8. The number of ether oxygens (including phenoxy) is 2. The van der Waals surface area contributed by atoms with Gasteiger partial charge in [-0.2, -0.15) is 0 Å². The van der Waals surface area contributed by atoms with Crippen LogP contribution in [0.3, 0.4) is 0 Å². The second-order valence-corrected chi connectivity index (χ2v) is 7.52. The van der Waals surface area contributed by atoms with Crippen molar-refractivity contribution in [2.24, 2.45) is 10.7 Å². The molecule has 0 radical (unpaired) electrons. The Morgan fingerprint density at radius 2 is 1.87 bits per heavy atom. The van der Waals surface area contributed by atoms with Gasteiger partial charge in [0, 0.05) is 11.6 Å². The summed E-state index contributed by atoms with van der Waals surface area (Å²) >= 11 is 6.22. The van der Waals surface area contributed by atoms with Crippen molar-refractivity contribution in [1.82, 2.24) is 10.2 Å². The van der Waals surface area contributed by atoms with E-state index < -0.39 is 0 Å². The van der Waals surface area contributed by atoms with Gasteiger partial charge in [-0.1, -0.05) is 29.8 Å². The summed E-state index contributed by atoms with van der Waals surface area (Å²) in [5, 5.41) is 4.04. The van der Waals surface area contributed by atoms with Crippen molar-refractivity contribution < 1.29 is 9.47 Å². The lowest BCUT2D eigenvalue weighted by Gasteiger charge is -2.28. The quantitative estimate of drug-likeness (QED) is 0.296. The van der Waals surface area contributed by atoms with Gasteiger partial charge < -0.3 is 20.5 Å². The molecule has 0 aliphatic carbocycles. The van der Waals surface area contributed by atoms with E-state index in [1.807, 2.05) is 36.4 Å². The number of guanidine groups is 1. The van der Waals surface area contributed by atoms with E-state index in [4.69, 9.17) is 26.8 Å². The first-order valence-electron chi connectivity index (χ1n) is 9.85. The summed E-state index contributed by atoms with van der Waals surface area (Å²) in [5.74, 6) is 1.80. The number of aliphatic imine (C=N–C) groups is 1. The Kier molecular flexibility index (Phi) is 10.0. The molecule has 1 saturated heterocycles. The van der Waals surface area contributed by atoms with E-state index in [1.165, 1.54) is 18.4 Å². The van der Waals surface area contributed by atoms with Gasteiger partial charge in [-0.25, -0.2) is 4.99 Å². The summed E-state index contributed by atoms with van der Waals surface area (Å²) in [6, 6.07) is 14.0. The molecule has 6 nitrogen and oxygen atoms in total. The predicted octanol–water partition coefficient (Wildman–Crippen LogP) is 4.22. The van der Waals surface area contributed by atoms with Crippen molar-refractivity contribution in [2.75, 3.05) is 33.9 Å². The smallest absolute Gasteiger partial charge is 0.188 e. The van der Waals surface area contributed by atoms with Gasteiger partial charge in [0.2, 0.25) is 0 Å². The Bertz CT molecular complexity index is 844. The summed E-state index contributed by atoms with van der Waals surface area (Å²) in [4.78, 5) is 6.95. The van der Waals surface area contributed by atoms with E-state index in [0.29, 0.717) is 30.5 Å². The largest absolute Gasteiger partial charge is 0.493 e. The van der Waals surface area contributed by atoms with Crippen molar-refractivity contribution >= 4 is 41.5 Å². The van der Waals surface area contributed by atoms with Crippen molar-refractivity contribution in [3.05, 3.63) is 58.6 Å². The van der Waals surface area contributed by atoms with Crippen LogP contribution in [0.1, 0.15) is 30.0 Å². The van der Waals surface area contributed by atoms with Gasteiger partial charge in [0.15, 0.2) is 17.5 Å². The maximum Gasteiger partial charge on any atom is 0.188 e. The summed E-state index contributed by atoms with van der Waals surface area (Å²) in [6.45, 7) is 3.31. The van der Waals surface area contributed by atoms with Crippen LogP contribution < -0.4 is 20.5 Å². The monoisotopic (exact) mass is 544 g/mol. The van der Waals surface area contributed by atoms with Crippen molar-refractivity contribution in [2.45, 2.75) is 25.4 Å². The Morgan fingerprint density at radius 1 is 1.13 bits per heavy atom. The maximum absolute atomic E-state index is 6.22. The molecule has 3 N–H and O–H groups in total. The van der Waals surface area contributed by atoms with Crippen LogP contribution in [0.5, 0.6) is 11.5 Å². The summed E-state index contributed by atoms with van der Waals surface area (Å²) in [6.07, 6.45) is 2.44. The molecule has 164 valence electrons. The number of nitrogens with two attached hydrogens (primary N) is 1. The number of halogens is 2. The fraction of sp³-hybridized carbons (Fsp3) is 0.409. The molecule has 2 aromatic carbocycles. The zero-order valence-electron chi connectivity index (χ0n) is 17.4. The van der Waals surface area contributed by atoms with Gasteiger partial charge in [-0.15, -0.1) is 24.0 Å². The second-order valence-electron chi connectivity index (χ2n) is 7.09.